The maximum absolute atomic E-state index is 11.9. The number of nitro groups is 1. The monoisotopic (exact) mass is 363 g/mol. The largest absolute Gasteiger partial charge is 0.352 e. The minimum Gasteiger partial charge on any atom is -0.352 e. The van der Waals surface area contributed by atoms with Crippen LogP contribution in [0.1, 0.15) is 17.7 Å². The summed E-state index contributed by atoms with van der Waals surface area (Å²) in [5.74, 6) is -0.178. The van der Waals surface area contributed by atoms with Crippen molar-refractivity contribution in [2.24, 2.45) is 0 Å². The van der Waals surface area contributed by atoms with Gasteiger partial charge in [0.25, 0.3) is 5.69 Å². The lowest BCUT2D eigenvalue weighted by Crippen LogP contribution is -2.23. The molecule has 0 aliphatic carbocycles. The molecule has 0 bridgehead atoms. The van der Waals surface area contributed by atoms with Crippen molar-refractivity contribution in [2.45, 2.75) is 19.9 Å². The first-order chi connectivity index (χ1) is 13.0. The summed E-state index contributed by atoms with van der Waals surface area (Å²) in [6.07, 6.45) is 3.91. The average Bonchev–Trinajstić information content (AvgIpc) is 2.99. The second-order valence-electron chi connectivity index (χ2n) is 6.32. The van der Waals surface area contributed by atoms with E-state index in [4.69, 9.17) is 0 Å². The number of non-ortho nitro benzene ring substituents is 1. The van der Waals surface area contributed by atoms with Crippen LogP contribution in [0.4, 0.5) is 5.69 Å². The lowest BCUT2D eigenvalue weighted by Gasteiger charge is -2.08. The summed E-state index contributed by atoms with van der Waals surface area (Å²) in [7, 11) is 0. The quantitative estimate of drug-likeness (QED) is 0.297. The van der Waals surface area contributed by atoms with E-state index in [0.717, 1.165) is 18.5 Å². The van der Waals surface area contributed by atoms with E-state index in [0.29, 0.717) is 6.54 Å². The number of amides is 1. The Balaban J connectivity index is 1.48. The summed E-state index contributed by atoms with van der Waals surface area (Å²) in [5, 5.41) is 14.7. The third kappa shape index (κ3) is 4.61. The Morgan fingerprint density at radius 3 is 2.67 bits per heavy atom. The molecular weight excluding hydrogens is 342 g/mol. The molecule has 3 aromatic rings. The molecule has 0 spiro atoms. The molecule has 1 N–H and O–H groups in total. The first kappa shape index (κ1) is 18.4. The van der Waals surface area contributed by atoms with E-state index in [-0.39, 0.29) is 11.6 Å². The summed E-state index contributed by atoms with van der Waals surface area (Å²) in [6.45, 7) is 3.51. The van der Waals surface area contributed by atoms with Crippen molar-refractivity contribution in [3.63, 3.8) is 0 Å². The number of hydrogen-bond donors (Lipinski definition) is 1. The van der Waals surface area contributed by atoms with Crippen LogP contribution in [-0.2, 0) is 11.3 Å². The fourth-order valence-electron chi connectivity index (χ4n) is 3.03. The SMILES string of the molecule is Cc1cc2ccccc2n1CCCNC(=O)C=Cc1ccc([N+](=O)[O-])cc1. The van der Waals surface area contributed by atoms with E-state index in [1.807, 2.05) is 12.1 Å². The van der Waals surface area contributed by atoms with Gasteiger partial charge in [-0.15, -0.1) is 0 Å². The number of carbonyl (C=O) groups excluding carboxylic acids is 1. The Morgan fingerprint density at radius 1 is 1.19 bits per heavy atom. The molecule has 0 unspecified atom stereocenters. The number of nitrogens with one attached hydrogen (secondary N) is 1. The molecule has 1 aromatic heterocycles. The molecule has 0 saturated carbocycles. The molecule has 0 radical (unpaired) electrons. The van der Waals surface area contributed by atoms with Gasteiger partial charge in [0, 0.05) is 42.5 Å². The maximum atomic E-state index is 11.9. The minimum atomic E-state index is -0.449. The van der Waals surface area contributed by atoms with Gasteiger partial charge >= 0.3 is 0 Å². The number of aryl methyl sites for hydroxylation is 2. The van der Waals surface area contributed by atoms with E-state index in [1.54, 1.807) is 18.2 Å². The summed E-state index contributed by atoms with van der Waals surface area (Å²) >= 11 is 0. The lowest BCUT2D eigenvalue weighted by atomic mass is 10.2. The van der Waals surface area contributed by atoms with Gasteiger partial charge in [0.2, 0.25) is 5.91 Å². The molecular formula is C21H21N3O3. The molecule has 6 nitrogen and oxygen atoms in total. The number of aromatic nitrogens is 1. The standard InChI is InChI=1S/C21H21N3O3/c1-16-15-18-5-2-3-6-20(18)23(16)14-4-13-22-21(25)12-9-17-7-10-19(11-8-17)24(26)27/h2-3,5-12,15H,4,13-14H2,1H3,(H,22,25). The van der Waals surface area contributed by atoms with Crippen LogP contribution in [0.25, 0.3) is 17.0 Å². The molecule has 0 aliphatic heterocycles. The first-order valence-electron chi connectivity index (χ1n) is 8.80. The van der Waals surface area contributed by atoms with Gasteiger partial charge in [-0.1, -0.05) is 18.2 Å². The number of carbonyl (C=O) groups is 1. The zero-order valence-electron chi connectivity index (χ0n) is 15.1. The van der Waals surface area contributed by atoms with Crippen molar-refractivity contribution < 1.29 is 9.72 Å². The van der Waals surface area contributed by atoms with Crippen molar-refractivity contribution in [1.29, 1.82) is 0 Å². The van der Waals surface area contributed by atoms with Gasteiger partial charge in [-0.25, -0.2) is 0 Å². The third-order valence-corrected chi connectivity index (χ3v) is 4.41. The second kappa shape index (κ2) is 8.31. The van der Waals surface area contributed by atoms with Crippen LogP contribution in [-0.4, -0.2) is 21.9 Å². The van der Waals surface area contributed by atoms with Crippen LogP contribution in [0, 0.1) is 17.0 Å². The number of fused-ring (bicyclic) bond motifs is 1. The second-order valence-corrected chi connectivity index (χ2v) is 6.32. The van der Waals surface area contributed by atoms with Crippen molar-refractivity contribution >= 4 is 28.6 Å². The minimum absolute atomic E-state index is 0.0319. The highest BCUT2D eigenvalue weighted by molar-refractivity contribution is 5.91. The Kier molecular flexibility index (Phi) is 5.66. The normalized spacial score (nSPS) is 11.1. The van der Waals surface area contributed by atoms with Crippen LogP contribution in [0.15, 0.2) is 60.7 Å². The van der Waals surface area contributed by atoms with Crippen LogP contribution >= 0.6 is 0 Å². The summed E-state index contributed by atoms with van der Waals surface area (Å²) in [6, 6.07) is 16.5. The molecule has 3 rings (SSSR count). The molecule has 0 saturated heterocycles. The Hall–Kier alpha value is -3.41. The number of hydrogen-bond acceptors (Lipinski definition) is 3. The maximum Gasteiger partial charge on any atom is 0.269 e. The van der Waals surface area contributed by atoms with Crippen molar-refractivity contribution in [1.82, 2.24) is 9.88 Å². The van der Waals surface area contributed by atoms with Crippen LogP contribution in [0.2, 0.25) is 0 Å². The zero-order valence-corrected chi connectivity index (χ0v) is 15.1. The van der Waals surface area contributed by atoms with Gasteiger partial charge < -0.3 is 9.88 Å². The van der Waals surface area contributed by atoms with Gasteiger partial charge in [-0.3, -0.25) is 14.9 Å². The van der Waals surface area contributed by atoms with Gasteiger partial charge in [-0.2, -0.15) is 0 Å². The zero-order chi connectivity index (χ0) is 19.2. The highest BCUT2D eigenvalue weighted by Crippen LogP contribution is 2.19. The summed E-state index contributed by atoms with van der Waals surface area (Å²) in [4.78, 5) is 22.1. The van der Waals surface area contributed by atoms with Crippen molar-refractivity contribution in [3.05, 3.63) is 82.0 Å². The molecule has 6 heteroatoms. The molecule has 2 aromatic carbocycles. The number of rotatable bonds is 7. The van der Waals surface area contributed by atoms with E-state index in [1.165, 1.54) is 34.8 Å². The van der Waals surface area contributed by atoms with Gasteiger partial charge in [0.05, 0.1) is 4.92 Å². The lowest BCUT2D eigenvalue weighted by molar-refractivity contribution is -0.384. The molecule has 27 heavy (non-hydrogen) atoms. The Morgan fingerprint density at radius 2 is 1.93 bits per heavy atom. The Bertz CT molecular complexity index is 988. The van der Waals surface area contributed by atoms with Gasteiger partial charge in [0.1, 0.15) is 0 Å². The number of nitro benzene ring substituents is 1. The topological polar surface area (TPSA) is 77.2 Å². The van der Waals surface area contributed by atoms with E-state index in [2.05, 4.69) is 35.0 Å². The molecule has 0 aliphatic rings. The van der Waals surface area contributed by atoms with Crippen LogP contribution < -0.4 is 5.32 Å². The molecule has 1 heterocycles. The number of para-hydroxylation sites is 1. The fourth-order valence-corrected chi connectivity index (χ4v) is 3.03. The summed E-state index contributed by atoms with van der Waals surface area (Å²) in [5.41, 5.74) is 3.19. The highest BCUT2D eigenvalue weighted by atomic mass is 16.6. The van der Waals surface area contributed by atoms with Gasteiger partial charge in [-0.05, 0) is 54.6 Å². The molecule has 138 valence electrons. The summed E-state index contributed by atoms with van der Waals surface area (Å²) < 4.78 is 2.26. The van der Waals surface area contributed by atoms with Gasteiger partial charge in [0.15, 0.2) is 0 Å². The third-order valence-electron chi connectivity index (χ3n) is 4.41. The van der Waals surface area contributed by atoms with Crippen molar-refractivity contribution in [3.8, 4) is 0 Å². The fraction of sp³-hybridized carbons (Fsp3) is 0.190. The molecule has 0 atom stereocenters. The van der Waals surface area contributed by atoms with Crippen LogP contribution in [0.5, 0.6) is 0 Å². The smallest absolute Gasteiger partial charge is 0.269 e. The van der Waals surface area contributed by atoms with Crippen molar-refractivity contribution in [2.75, 3.05) is 6.54 Å². The predicted molar refractivity (Wildman–Crippen MR) is 106 cm³/mol. The number of benzene rings is 2. The highest BCUT2D eigenvalue weighted by Gasteiger charge is 2.05. The number of nitrogens with zero attached hydrogens (tertiary/aromatic N) is 2. The molecule has 1 amide bonds. The average molecular weight is 363 g/mol. The first-order valence-corrected chi connectivity index (χ1v) is 8.80. The van der Waals surface area contributed by atoms with E-state index < -0.39 is 4.92 Å². The Labute approximate surface area is 157 Å². The molecule has 0 fully saturated rings. The van der Waals surface area contributed by atoms with E-state index >= 15 is 0 Å². The van der Waals surface area contributed by atoms with Crippen LogP contribution in [0.3, 0.4) is 0 Å². The predicted octanol–water partition coefficient (Wildman–Crippen LogP) is 4.08. The van der Waals surface area contributed by atoms with E-state index in [9.17, 15) is 14.9 Å².